The van der Waals surface area contributed by atoms with Crippen molar-refractivity contribution in [2.75, 3.05) is 38.0 Å². The lowest BCUT2D eigenvalue weighted by atomic mass is 10.2. The number of hydrogen-bond donors (Lipinski definition) is 2. The quantitative estimate of drug-likeness (QED) is 0.807. The van der Waals surface area contributed by atoms with Crippen molar-refractivity contribution < 1.29 is 14.0 Å². The van der Waals surface area contributed by atoms with Crippen LogP contribution in [0.3, 0.4) is 0 Å². The minimum Gasteiger partial charge on any atom is -0.352 e. The summed E-state index contributed by atoms with van der Waals surface area (Å²) in [7, 11) is 0. The standard InChI is InChI=1S/C18H25FN4O2/c1-13(18(25)21-16-4-2-14(19)3-5-16)23-10-8-22(9-11-23)12-17(24)20-15-6-7-15/h2-5,13,15H,6-12H2,1H3,(H,20,24)(H,21,25)/t13-/m0/s1. The Kier molecular flexibility index (Phi) is 5.65. The zero-order valence-corrected chi connectivity index (χ0v) is 14.5. The van der Waals surface area contributed by atoms with E-state index in [2.05, 4.69) is 20.4 Å². The predicted molar refractivity (Wildman–Crippen MR) is 93.7 cm³/mol. The van der Waals surface area contributed by atoms with Crippen LogP contribution in [0.25, 0.3) is 0 Å². The first kappa shape index (κ1) is 17.8. The van der Waals surface area contributed by atoms with Crippen LogP contribution in [0.1, 0.15) is 19.8 Å². The number of piperazine rings is 1. The number of nitrogens with zero attached hydrogens (tertiary/aromatic N) is 2. The molecule has 1 saturated heterocycles. The minimum atomic E-state index is -0.326. The molecule has 6 nitrogen and oxygen atoms in total. The molecule has 2 N–H and O–H groups in total. The summed E-state index contributed by atoms with van der Waals surface area (Å²) < 4.78 is 12.9. The number of halogens is 1. The second kappa shape index (κ2) is 7.93. The number of rotatable bonds is 6. The maximum Gasteiger partial charge on any atom is 0.241 e. The van der Waals surface area contributed by atoms with E-state index in [9.17, 15) is 14.0 Å². The van der Waals surface area contributed by atoms with E-state index >= 15 is 0 Å². The summed E-state index contributed by atoms with van der Waals surface area (Å²) in [6.45, 7) is 5.33. The van der Waals surface area contributed by atoms with E-state index in [0.29, 0.717) is 18.3 Å². The van der Waals surface area contributed by atoms with Gasteiger partial charge in [0.25, 0.3) is 0 Å². The van der Waals surface area contributed by atoms with Gasteiger partial charge in [-0.15, -0.1) is 0 Å². The molecule has 1 heterocycles. The normalized spacial score (nSPS) is 20.1. The Hall–Kier alpha value is -1.99. The van der Waals surface area contributed by atoms with Crippen molar-refractivity contribution in [2.24, 2.45) is 0 Å². The number of hydrogen-bond acceptors (Lipinski definition) is 4. The van der Waals surface area contributed by atoms with Gasteiger partial charge < -0.3 is 10.6 Å². The molecule has 1 atom stereocenters. The van der Waals surface area contributed by atoms with Crippen LogP contribution in [0, 0.1) is 5.82 Å². The molecule has 1 aromatic rings. The molecule has 0 unspecified atom stereocenters. The summed E-state index contributed by atoms with van der Waals surface area (Å²) >= 11 is 0. The van der Waals surface area contributed by atoms with Gasteiger partial charge in [-0.1, -0.05) is 0 Å². The molecule has 3 rings (SSSR count). The minimum absolute atomic E-state index is 0.0954. The highest BCUT2D eigenvalue weighted by atomic mass is 19.1. The third-order valence-electron chi connectivity index (χ3n) is 4.76. The summed E-state index contributed by atoms with van der Waals surface area (Å²) in [5.74, 6) is -0.336. The summed E-state index contributed by atoms with van der Waals surface area (Å²) in [4.78, 5) is 28.4. The zero-order chi connectivity index (χ0) is 17.8. The molecule has 1 aliphatic carbocycles. The Labute approximate surface area is 147 Å². The maximum absolute atomic E-state index is 12.9. The van der Waals surface area contributed by atoms with Crippen LogP contribution in [0.4, 0.5) is 10.1 Å². The van der Waals surface area contributed by atoms with E-state index < -0.39 is 0 Å². The molecular formula is C18H25FN4O2. The third-order valence-corrected chi connectivity index (χ3v) is 4.76. The molecule has 0 bridgehead atoms. The van der Waals surface area contributed by atoms with Crippen molar-refractivity contribution in [1.29, 1.82) is 0 Å². The summed E-state index contributed by atoms with van der Waals surface area (Å²) in [5.41, 5.74) is 0.591. The molecule has 1 aromatic carbocycles. The number of carbonyl (C=O) groups is 2. The molecule has 0 spiro atoms. The van der Waals surface area contributed by atoms with Crippen LogP contribution in [-0.2, 0) is 9.59 Å². The molecule has 2 amide bonds. The predicted octanol–water partition coefficient (Wildman–Crippen LogP) is 1.05. The highest BCUT2D eigenvalue weighted by Gasteiger charge is 2.28. The van der Waals surface area contributed by atoms with Crippen LogP contribution in [0.2, 0.25) is 0 Å². The van der Waals surface area contributed by atoms with Gasteiger partial charge in [-0.05, 0) is 44.0 Å². The number of amides is 2. The van der Waals surface area contributed by atoms with E-state index in [1.165, 1.54) is 12.1 Å². The largest absolute Gasteiger partial charge is 0.352 e. The van der Waals surface area contributed by atoms with Crippen molar-refractivity contribution in [3.63, 3.8) is 0 Å². The van der Waals surface area contributed by atoms with Crippen LogP contribution < -0.4 is 10.6 Å². The van der Waals surface area contributed by atoms with Crippen LogP contribution >= 0.6 is 0 Å². The molecular weight excluding hydrogens is 323 g/mol. The second-order valence-electron chi connectivity index (χ2n) is 6.83. The molecule has 7 heteroatoms. The van der Waals surface area contributed by atoms with Gasteiger partial charge in [-0.25, -0.2) is 4.39 Å². The Morgan fingerprint density at radius 2 is 1.80 bits per heavy atom. The molecule has 1 saturated carbocycles. The van der Waals surface area contributed by atoms with Crippen molar-refractivity contribution in [3.8, 4) is 0 Å². The van der Waals surface area contributed by atoms with Crippen molar-refractivity contribution >= 4 is 17.5 Å². The van der Waals surface area contributed by atoms with Crippen LogP contribution in [0.15, 0.2) is 24.3 Å². The van der Waals surface area contributed by atoms with E-state index in [4.69, 9.17) is 0 Å². The fourth-order valence-corrected chi connectivity index (χ4v) is 2.96. The highest BCUT2D eigenvalue weighted by Crippen LogP contribution is 2.18. The number of anilines is 1. The molecule has 2 fully saturated rings. The van der Waals surface area contributed by atoms with Gasteiger partial charge in [0.2, 0.25) is 11.8 Å². The average molecular weight is 348 g/mol. The lowest BCUT2D eigenvalue weighted by Gasteiger charge is -2.37. The van der Waals surface area contributed by atoms with Gasteiger partial charge >= 0.3 is 0 Å². The van der Waals surface area contributed by atoms with Gasteiger partial charge in [0.05, 0.1) is 12.6 Å². The highest BCUT2D eigenvalue weighted by molar-refractivity contribution is 5.94. The van der Waals surface area contributed by atoms with Crippen LogP contribution in [0.5, 0.6) is 0 Å². The summed E-state index contributed by atoms with van der Waals surface area (Å²) in [6.07, 6.45) is 2.19. The Morgan fingerprint density at radius 3 is 2.40 bits per heavy atom. The monoisotopic (exact) mass is 348 g/mol. The van der Waals surface area contributed by atoms with Gasteiger partial charge in [-0.2, -0.15) is 0 Å². The van der Waals surface area contributed by atoms with Gasteiger partial charge in [0.15, 0.2) is 0 Å². The van der Waals surface area contributed by atoms with Gasteiger partial charge in [-0.3, -0.25) is 19.4 Å². The number of nitrogens with one attached hydrogen (secondary N) is 2. The Balaban J connectivity index is 1.42. The van der Waals surface area contributed by atoms with E-state index in [-0.39, 0.29) is 23.7 Å². The van der Waals surface area contributed by atoms with E-state index in [0.717, 1.165) is 39.0 Å². The molecule has 1 aliphatic heterocycles. The fraction of sp³-hybridized carbons (Fsp3) is 0.556. The van der Waals surface area contributed by atoms with Gasteiger partial charge in [0.1, 0.15) is 5.82 Å². The fourth-order valence-electron chi connectivity index (χ4n) is 2.96. The average Bonchev–Trinajstić information content (AvgIpc) is 3.40. The van der Waals surface area contributed by atoms with E-state index in [1.54, 1.807) is 12.1 Å². The first-order valence-electron chi connectivity index (χ1n) is 8.83. The van der Waals surface area contributed by atoms with Crippen molar-refractivity contribution in [3.05, 3.63) is 30.1 Å². The third kappa shape index (κ3) is 5.24. The van der Waals surface area contributed by atoms with Crippen molar-refractivity contribution in [2.45, 2.75) is 31.8 Å². The molecule has 0 radical (unpaired) electrons. The lowest BCUT2D eigenvalue weighted by Crippen LogP contribution is -2.54. The van der Waals surface area contributed by atoms with Crippen molar-refractivity contribution in [1.82, 2.24) is 15.1 Å². The molecule has 136 valence electrons. The number of carbonyl (C=O) groups excluding carboxylic acids is 2. The smallest absolute Gasteiger partial charge is 0.241 e. The number of benzene rings is 1. The van der Waals surface area contributed by atoms with E-state index in [1.807, 2.05) is 6.92 Å². The zero-order valence-electron chi connectivity index (χ0n) is 14.5. The molecule has 25 heavy (non-hydrogen) atoms. The SMILES string of the molecule is C[C@@H](C(=O)Nc1ccc(F)cc1)N1CCN(CC(=O)NC2CC2)CC1. The first-order chi connectivity index (χ1) is 12.0. The second-order valence-corrected chi connectivity index (χ2v) is 6.83. The molecule has 2 aliphatic rings. The Morgan fingerprint density at radius 1 is 1.16 bits per heavy atom. The maximum atomic E-state index is 12.9. The Bertz CT molecular complexity index is 610. The molecule has 0 aromatic heterocycles. The lowest BCUT2D eigenvalue weighted by molar-refractivity contribution is -0.124. The summed E-state index contributed by atoms with van der Waals surface area (Å²) in [5, 5.41) is 5.81. The van der Waals surface area contributed by atoms with Gasteiger partial charge in [0, 0.05) is 37.9 Å². The topological polar surface area (TPSA) is 64.7 Å². The van der Waals surface area contributed by atoms with Crippen LogP contribution in [-0.4, -0.2) is 66.4 Å². The first-order valence-corrected chi connectivity index (χ1v) is 8.83. The summed E-state index contributed by atoms with van der Waals surface area (Å²) in [6, 6.07) is 5.88.